The number of rotatable bonds is 6. The van der Waals surface area contributed by atoms with Gasteiger partial charge >= 0.3 is 0 Å². The van der Waals surface area contributed by atoms with Crippen molar-refractivity contribution in [2.24, 2.45) is 0 Å². The van der Waals surface area contributed by atoms with Gasteiger partial charge in [0.25, 0.3) is 0 Å². The van der Waals surface area contributed by atoms with Crippen molar-refractivity contribution in [3.8, 4) is 73.1 Å². The Balaban J connectivity index is 0.929. The summed E-state index contributed by atoms with van der Waals surface area (Å²) in [5.41, 5.74) is 16.0. The monoisotopic (exact) mass is 762 g/mol. The highest BCUT2D eigenvalue weighted by molar-refractivity contribution is 6.06. The van der Waals surface area contributed by atoms with Gasteiger partial charge in [-0.15, -0.1) is 0 Å². The second kappa shape index (κ2) is 14.6. The van der Waals surface area contributed by atoms with Crippen LogP contribution in [0.1, 0.15) is 5.56 Å². The molecule has 0 saturated carbocycles. The molecule has 0 N–H and O–H groups in total. The minimum Gasteiger partial charge on any atom is -0.256 e. The summed E-state index contributed by atoms with van der Waals surface area (Å²) < 4.78 is 0. The molecule has 0 saturated heterocycles. The highest BCUT2D eigenvalue weighted by Crippen LogP contribution is 2.39. The standard InChI is InChI=1S/C56H34N4/c57-35-36-32-45(37-15-17-39(18-16-37)49-14-6-10-42-11-7-31-58-54(42)49)34-46(33-36)48-28-27-47(50-12-4-5-13-51(48)50)38-19-21-41(22-20-38)53-30-26-44-24-23-43-25-29-52(40-8-2-1-3-9-40)59-55(43)56(44)60-53/h1-34H. The lowest BCUT2D eigenvalue weighted by Gasteiger charge is -2.14. The molecule has 0 aliphatic carbocycles. The predicted octanol–water partition coefficient (Wildman–Crippen LogP) is 14.4. The molecule has 0 bridgehead atoms. The molecule has 278 valence electrons. The summed E-state index contributed by atoms with van der Waals surface area (Å²) in [5.74, 6) is 0. The topological polar surface area (TPSA) is 62.5 Å². The van der Waals surface area contributed by atoms with Crippen LogP contribution >= 0.6 is 0 Å². The third-order valence-electron chi connectivity index (χ3n) is 11.5. The van der Waals surface area contributed by atoms with Crippen LogP contribution in [0.4, 0.5) is 0 Å². The molecule has 4 nitrogen and oxygen atoms in total. The maximum absolute atomic E-state index is 10.2. The molecule has 8 aromatic carbocycles. The molecule has 0 unspecified atom stereocenters. The quantitative estimate of drug-likeness (QED) is 0.158. The molecule has 0 aliphatic heterocycles. The average molecular weight is 763 g/mol. The van der Waals surface area contributed by atoms with E-state index in [1.807, 2.05) is 42.6 Å². The Labute approximate surface area is 347 Å². The van der Waals surface area contributed by atoms with E-state index < -0.39 is 0 Å². The van der Waals surface area contributed by atoms with E-state index in [-0.39, 0.29) is 0 Å². The Morgan fingerprint density at radius 3 is 1.52 bits per heavy atom. The van der Waals surface area contributed by atoms with Crippen molar-refractivity contribution in [1.82, 2.24) is 15.0 Å². The maximum atomic E-state index is 10.2. The first kappa shape index (κ1) is 34.9. The number of pyridine rings is 3. The second-order valence-electron chi connectivity index (χ2n) is 15.1. The van der Waals surface area contributed by atoms with E-state index in [0.29, 0.717) is 5.56 Å². The van der Waals surface area contributed by atoms with Crippen molar-refractivity contribution < 1.29 is 0 Å². The van der Waals surface area contributed by atoms with E-state index in [2.05, 4.69) is 175 Å². The molecule has 11 rings (SSSR count). The summed E-state index contributed by atoms with van der Waals surface area (Å²) in [7, 11) is 0. The normalized spacial score (nSPS) is 11.3. The van der Waals surface area contributed by atoms with Crippen molar-refractivity contribution >= 4 is 43.5 Å². The van der Waals surface area contributed by atoms with Gasteiger partial charge in [-0.05, 0) is 86.1 Å². The number of fused-ring (bicyclic) bond motifs is 5. The van der Waals surface area contributed by atoms with E-state index in [4.69, 9.17) is 9.97 Å². The minimum atomic E-state index is 0.622. The van der Waals surface area contributed by atoms with Crippen molar-refractivity contribution in [2.45, 2.75) is 0 Å². The Bertz CT molecular complexity index is 3470. The summed E-state index contributed by atoms with van der Waals surface area (Å²) in [6.07, 6.45) is 1.84. The lowest BCUT2D eigenvalue weighted by molar-refractivity contribution is 1.36. The molecule has 0 amide bonds. The Morgan fingerprint density at radius 2 is 0.850 bits per heavy atom. The van der Waals surface area contributed by atoms with Gasteiger partial charge in [0.15, 0.2) is 0 Å². The number of benzene rings is 8. The molecule has 0 fully saturated rings. The largest absolute Gasteiger partial charge is 0.256 e. The SMILES string of the molecule is N#Cc1cc(-c2ccc(-c3cccc4cccnc34)cc2)cc(-c2ccc(-c3ccc(-c4ccc5ccc6ccc(-c7ccccc7)nc6c5n4)cc3)c3ccccc23)c1. The zero-order valence-electron chi connectivity index (χ0n) is 32.4. The van der Waals surface area contributed by atoms with Crippen molar-refractivity contribution in [1.29, 1.82) is 5.26 Å². The fourth-order valence-electron chi connectivity index (χ4n) is 8.51. The van der Waals surface area contributed by atoms with Crippen LogP contribution < -0.4 is 0 Å². The first-order valence-electron chi connectivity index (χ1n) is 20.1. The molecule has 11 aromatic rings. The Morgan fingerprint density at radius 1 is 0.333 bits per heavy atom. The molecular formula is C56H34N4. The predicted molar refractivity (Wildman–Crippen MR) is 247 cm³/mol. The van der Waals surface area contributed by atoms with Crippen LogP contribution in [-0.4, -0.2) is 15.0 Å². The lowest BCUT2D eigenvalue weighted by atomic mass is 9.89. The van der Waals surface area contributed by atoms with E-state index in [0.717, 1.165) is 111 Å². The summed E-state index contributed by atoms with van der Waals surface area (Å²) in [5, 5.41) is 15.7. The molecule has 60 heavy (non-hydrogen) atoms. The third-order valence-corrected chi connectivity index (χ3v) is 11.5. The fourth-order valence-corrected chi connectivity index (χ4v) is 8.51. The highest BCUT2D eigenvalue weighted by Gasteiger charge is 2.14. The molecule has 4 heteroatoms. The molecule has 0 radical (unpaired) electrons. The van der Waals surface area contributed by atoms with Gasteiger partial charge in [-0.25, -0.2) is 9.97 Å². The summed E-state index contributed by atoms with van der Waals surface area (Å²) >= 11 is 0. The molecule has 0 aliphatic rings. The van der Waals surface area contributed by atoms with Crippen molar-refractivity contribution in [3.05, 3.63) is 212 Å². The number of nitrogens with zero attached hydrogens (tertiary/aromatic N) is 4. The number of hydrogen-bond donors (Lipinski definition) is 0. The summed E-state index contributed by atoms with van der Waals surface area (Å²) in [6, 6.07) is 72.1. The number of aromatic nitrogens is 3. The van der Waals surface area contributed by atoms with Gasteiger partial charge in [0, 0.05) is 39.0 Å². The molecule has 0 atom stereocenters. The van der Waals surface area contributed by atoms with E-state index in [1.54, 1.807) is 0 Å². The fraction of sp³-hybridized carbons (Fsp3) is 0. The van der Waals surface area contributed by atoms with Gasteiger partial charge < -0.3 is 0 Å². The van der Waals surface area contributed by atoms with Gasteiger partial charge in [-0.3, -0.25) is 4.98 Å². The van der Waals surface area contributed by atoms with Gasteiger partial charge in [-0.1, -0.05) is 164 Å². The molecular weight excluding hydrogens is 729 g/mol. The maximum Gasteiger partial charge on any atom is 0.0992 e. The zero-order valence-corrected chi connectivity index (χ0v) is 32.4. The van der Waals surface area contributed by atoms with Crippen molar-refractivity contribution in [2.75, 3.05) is 0 Å². The van der Waals surface area contributed by atoms with E-state index >= 15 is 0 Å². The number of nitriles is 1. The highest BCUT2D eigenvalue weighted by atomic mass is 14.8. The van der Waals surface area contributed by atoms with Gasteiger partial charge in [0.2, 0.25) is 0 Å². The molecule has 3 heterocycles. The van der Waals surface area contributed by atoms with Crippen molar-refractivity contribution in [3.63, 3.8) is 0 Å². The van der Waals surface area contributed by atoms with Crippen LogP contribution in [0.3, 0.4) is 0 Å². The van der Waals surface area contributed by atoms with Gasteiger partial charge in [0.05, 0.1) is 39.6 Å². The first-order valence-corrected chi connectivity index (χ1v) is 20.1. The minimum absolute atomic E-state index is 0.622. The van der Waals surface area contributed by atoms with Crippen LogP contribution in [-0.2, 0) is 0 Å². The number of para-hydroxylation sites is 1. The van der Waals surface area contributed by atoms with Crippen LogP contribution in [0.2, 0.25) is 0 Å². The molecule has 3 aromatic heterocycles. The Kier molecular flexibility index (Phi) is 8.50. The summed E-state index contributed by atoms with van der Waals surface area (Å²) in [6.45, 7) is 0. The number of hydrogen-bond acceptors (Lipinski definition) is 4. The summed E-state index contributed by atoms with van der Waals surface area (Å²) in [4.78, 5) is 14.9. The third kappa shape index (κ3) is 6.23. The van der Waals surface area contributed by atoms with Crippen LogP contribution in [0, 0.1) is 11.3 Å². The zero-order chi connectivity index (χ0) is 40.0. The van der Waals surface area contributed by atoms with Crippen LogP contribution in [0.5, 0.6) is 0 Å². The smallest absolute Gasteiger partial charge is 0.0992 e. The van der Waals surface area contributed by atoms with Gasteiger partial charge in [0.1, 0.15) is 0 Å². The first-order chi connectivity index (χ1) is 29.7. The lowest BCUT2D eigenvalue weighted by Crippen LogP contribution is -1.91. The molecule has 0 spiro atoms. The van der Waals surface area contributed by atoms with E-state index in [9.17, 15) is 5.26 Å². The Hall–Kier alpha value is -8.26. The van der Waals surface area contributed by atoms with E-state index in [1.165, 1.54) is 0 Å². The van der Waals surface area contributed by atoms with Gasteiger partial charge in [-0.2, -0.15) is 5.26 Å². The van der Waals surface area contributed by atoms with Crippen LogP contribution in [0.15, 0.2) is 206 Å². The second-order valence-corrected chi connectivity index (χ2v) is 15.1. The average Bonchev–Trinajstić information content (AvgIpc) is 3.33. The van der Waals surface area contributed by atoms with Crippen LogP contribution in [0.25, 0.3) is 111 Å².